The molecule has 0 spiro atoms. The van der Waals surface area contributed by atoms with Gasteiger partial charge in [0.15, 0.2) is 5.82 Å². The molecule has 90 valence electrons. The van der Waals surface area contributed by atoms with Crippen LogP contribution in [0.1, 0.15) is 0 Å². The maximum Gasteiger partial charge on any atom is 0.151 e. The molecule has 1 aromatic heterocycles. The van der Waals surface area contributed by atoms with E-state index in [1.165, 1.54) is 11.3 Å². The number of methoxy groups -OCH3 is 2. The molecule has 0 bridgehead atoms. The predicted octanol–water partition coefficient (Wildman–Crippen LogP) is 2.11. The van der Waals surface area contributed by atoms with Crippen molar-refractivity contribution in [3.05, 3.63) is 23.6 Å². The number of nitrogens with zero attached hydrogens (tertiary/aromatic N) is 1. The molecule has 2 rings (SSSR count). The van der Waals surface area contributed by atoms with Crippen molar-refractivity contribution in [2.75, 3.05) is 19.6 Å². The van der Waals surface area contributed by atoms with E-state index in [2.05, 4.69) is 10.4 Å². The minimum atomic E-state index is 0.634. The Kier molecular flexibility index (Phi) is 3.46. The fourth-order valence-corrected chi connectivity index (χ4v) is 2.23. The van der Waals surface area contributed by atoms with Crippen LogP contribution in [0.25, 0.3) is 10.6 Å². The van der Waals surface area contributed by atoms with Crippen molar-refractivity contribution in [2.45, 2.75) is 0 Å². The molecule has 0 atom stereocenters. The van der Waals surface area contributed by atoms with Crippen LogP contribution in [-0.2, 0) is 0 Å². The second-order valence-corrected chi connectivity index (χ2v) is 4.11. The summed E-state index contributed by atoms with van der Waals surface area (Å²) in [7, 11) is 3.25. The molecule has 17 heavy (non-hydrogen) atoms. The fraction of sp³-hybridized carbons (Fsp3) is 0.182. The van der Waals surface area contributed by atoms with Gasteiger partial charge in [-0.1, -0.05) is 0 Å². The molecule has 6 heteroatoms. The van der Waals surface area contributed by atoms with Crippen LogP contribution in [0.2, 0.25) is 0 Å². The molecule has 3 N–H and O–H groups in total. The molecule has 0 amide bonds. The molecule has 0 aliphatic heterocycles. The third kappa shape index (κ3) is 2.32. The zero-order valence-corrected chi connectivity index (χ0v) is 10.4. The zero-order chi connectivity index (χ0) is 12.3. The van der Waals surface area contributed by atoms with Crippen LogP contribution in [0.5, 0.6) is 11.5 Å². The lowest BCUT2D eigenvalue weighted by Gasteiger charge is -2.08. The number of benzene rings is 1. The first-order valence-electron chi connectivity index (χ1n) is 4.93. The van der Waals surface area contributed by atoms with E-state index < -0.39 is 0 Å². The SMILES string of the molecule is COc1ccc(OC)c(-c2nc(NN)cs2)c1. The lowest BCUT2D eigenvalue weighted by atomic mass is 10.2. The highest BCUT2D eigenvalue weighted by molar-refractivity contribution is 7.13. The number of anilines is 1. The minimum Gasteiger partial charge on any atom is -0.497 e. The average molecular weight is 251 g/mol. The second-order valence-electron chi connectivity index (χ2n) is 3.25. The summed E-state index contributed by atoms with van der Waals surface area (Å²) in [6.45, 7) is 0. The second kappa shape index (κ2) is 5.03. The Balaban J connectivity index is 2.47. The van der Waals surface area contributed by atoms with Crippen molar-refractivity contribution in [1.29, 1.82) is 0 Å². The summed E-state index contributed by atoms with van der Waals surface area (Å²) in [6.07, 6.45) is 0. The molecule has 0 aliphatic carbocycles. The Morgan fingerprint density at radius 3 is 2.71 bits per heavy atom. The largest absolute Gasteiger partial charge is 0.497 e. The summed E-state index contributed by atoms with van der Waals surface area (Å²) in [5, 5.41) is 2.67. The summed E-state index contributed by atoms with van der Waals surface area (Å²) < 4.78 is 10.5. The van der Waals surface area contributed by atoms with Gasteiger partial charge in [0.1, 0.15) is 16.5 Å². The molecule has 0 saturated heterocycles. The first kappa shape index (κ1) is 11.7. The standard InChI is InChI=1S/C11H13N3O2S/c1-15-7-3-4-9(16-2)8(5-7)11-13-10(14-12)6-17-11/h3-6,14H,12H2,1-2H3. The Morgan fingerprint density at radius 1 is 1.29 bits per heavy atom. The van der Waals surface area contributed by atoms with E-state index in [1.54, 1.807) is 14.2 Å². The molecular weight excluding hydrogens is 238 g/mol. The number of hydrogen-bond acceptors (Lipinski definition) is 6. The van der Waals surface area contributed by atoms with E-state index in [-0.39, 0.29) is 0 Å². The number of hydrogen-bond donors (Lipinski definition) is 2. The third-order valence-electron chi connectivity index (χ3n) is 2.29. The molecule has 0 fully saturated rings. The highest BCUT2D eigenvalue weighted by atomic mass is 32.1. The number of ether oxygens (including phenoxy) is 2. The van der Waals surface area contributed by atoms with E-state index in [4.69, 9.17) is 15.3 Å². The van der Waals surface area contributed by atoms with Gasteiger partial charge in [-0.15, -0.1) is 11.3 Å². The monoisotopic (exact) mass is 251 g/mol. The first-order chi connectivity index (χ1) is 8.28. The van der Waals surface area contributed by atoms with Crippen molar-refractivity contribution in [1.82, 2.24) is 4.98 Å². The molecule has 0 saturated carbocycles. The van der Waals surface area contributed by atoms with Crippen LogP contribution in [0, 0.1) is 0 Å². The van der Waals surface area contributed by atoms with Gasteiger partial charge in [-0.25, -0.2) is 10.8 Å². The van der Waals surface area contributed by atoms with E-state index in [9.17, 15) is 0 Å². The van der Waals surface area contributed by atoms with Crippen LogP contribution in [0.15, 0.2) is 23.6 Å². The lowest BCUT2D eigenvalue weighted by Crippen LogP contribution is -2.06. The number of rotatable bonds is 4. The predicted molar refractivity (Wildman–Crippen MR) is 68.5 cm³/mol. The van der Waals surface area contributed by atoms with Gasteiger partial charge in [-0.2, -0.15) is 0 Å². The van der Waals surface area contributed by atoms with Gasteiger partial charge < -0.3 is 14.9 Å². The van der Waals surface area contributed by atoms with E-state index in [1.807, 2.05) is 23.6 Å². The fourth-order valence-electron chi connectivity index (χ4n) is 1.44. The van der Waals surface area contributed by atoms with Crippen molar-refractivity contribution >= 4 is 17.2 Å². The van der Waals surface area contributed by atoms with E-state index >= 15 is 0 Å². The third-order valence-corrected chi connectivity index (χ3v) is 3.16. The minimum absolute atomic E-state index is 0.634. The summed E-state index contributed by atoms with van der Waals surface area (Å²) in [6, 6.07) is 5.58. The van der Waals surface area contributed by atoms with Gasteiger partial charge >= 0.3 is 0 Å². The number of hydrazine groups is 1. The van der Waals surface area contributed by atoms with Crippen LogP contribution >= 0.6 is 11.3 Å². The molecule has 0 unspecified atom stereocenters. The zero-order valence-electron chi connectivity index (χ0n) is 9.56. The molecule has 1 aromatic carbocycles. The van der Waals surface area contributed by atoms with Gasteiger partial charge in [-0.3, -0.25) is 0 Å². The first-order valence-corrected chi connectivity index (χ1v) is 5.81. The molecule has 1 heterocycles. The quantitative estimate of drug-likeness (QED) is 0.643. The van der Waals surface area contributed by atoms with Crippen molar-refractivity contribution in [3.63, 3.8) is 0 Å². The highest BCUT2D eigenvalue weighted by Crippen LogP contribution is 2.35. The smallest absolute Gasteiger partial charge is 0.151 e. The summed E-state index contributed by atoms with van der Waals surface area (Å²) >= 11 is 1.49. The van der Waals surface area contributed by atoms with E-state index in [0.717, 1.165) is 22.1 Å². The normalized spacial score (nSPS) is 10.1. The maximum atomic E-state index is 5.31. The van der Waals surface area contributed by atoms with Crippen molar-refractivity contribution in [3.8, 4) is 22.1 Å². The van der Waals surface area contributed by atoms with Crippen molar-refractivity contribution < 1.29 is 9.47 Å². The summed E-state index contributed by atoms with van der Waals surface area (Å²) in [5.74, 6) is 7.46. The molecule has 0 aliphatic rings. The average Bonchev–Trinajstić information content (AvgIpc) is 2.86. The lowest BCUT2D eigenvalue weighted by molar-refractivity contribution is 0.404. The van der Waals surface area contributed by atoms with Crippen LogP contribution in [0.4, 0.5) is 5.82 Å². The van der Waals surface area contributed by atoms with Gasteiger partial charge in [0.2, 0.25) is 0 Å². The van der Waals surface area contributed by atoms with Gasteiger partial charge in [-0.05, 0) is 18.2 Å². The number of nitrogens with two attached hydrogens (primary N) is 1. The molecular formula is C11H13N3O2S. The van der Waals surface area contributed by atoms with Gasteiger partial charge in [0.25, 0.3) is 0 Å². The Hall–Kier alpha value is -1.79. The number of thiazole rings is 1. The number of nitrogens with one attached hydrogen (secondary N) is 1. The van der Waals surface area contributed by atoms with Crippen LogP contribution in [-0.4, -0.2) is 19.2 Å². The molecule has 2 aromatic rings. The van der Waals surface area contributed by atoms with E-state index in [0.29, 0.717) is 5.82 Å². The highest BCUT2D eigenvalue weighted by Gasteiger charge is 2.11. The molecule has 0 radical (unpaired) electrons. The number of nitrogen functional groups attached to an aromatic ring is 1. The Morgan fingerprint density at radius 2 is 2.12 bits per heavy atom. The van der Waals surface area contributed by atoms with Crippen molar-refractivity contribution in [2.24, 2.45) is 5.84 Å². The van der Waals surface area contributed by atoms with Gasteiger partial charge in [0, 0.05) is 5.38 Å². The van der Waals surface area contributed by atoms with Gasteiger partial charge in [0.05, 0.1) is 19.8 Å². The Labute approximate surface area is 103 Å². The maximum absolute atomic E-state index is 5.31. The summed E-state index contributed by atoms with van der Waals surface area (Å²) in [5.41, 5.74) is 3.40. The summed E-state index contributed by atoms with van der Waals surface area (Å²) in [4.78, 5) is 4.33. The Bertz CT molecular complexity index is 513. The number of aromatic nitrogens is 1. The van der Waals surface area contributed by atoms with Crippen LogP contribution < -0.4 is 20.7 Å². The topological polar surface area (TPSA) is 69.4 Å². The molecule has 5 nitrogen and oxygen atoms in total. The van der Waals surface area contributed by atoms with Crippen LogP contribution in [0.3, 0.4) is 0 Å².